The lowest BCUT2D eigenvalue weighted by molar-refractivity contribution is -0.115. The highest BCUT2D eigenvalue weighted by Gasteiger charge is 2.09. The molecule has 128 valence electrons. The van der Waals surface area contributed by atoms with E-state index >= 15 is 0 Å². The molecule has 0 unspecified atom stereocenters. The summed E-state index contributed by atoms with van der Waals surface area (Å²) in [5.74, 6) is 1.88. The first kappa shape index (κ1) is 17.6. The second-order valence-electron chi connectivity index (χ2n) is 5.07. The lowest BCUT2D eigenvalue weighted by atomic mass is 10.2. The van der Waals surface area contributed by atoms with Gasteiger partial charge < -0.3 is 24.8 Å². The van der Waals surface area contributed by atoms with Crippen molar-refractivity contribution in [2.75, 3.05) is 33.2 Å². The van der Waals surface area contributed by atoms with Crippen molar-refractivity contribution in [3.05, 3.63) is 48.0 Å². The Balaban J connectivity index is 1.86. The molecule has 0 aliphatic carbocycles. The Morgan fingerprint density at radius 1 is 0.917 bits per heavy atom. The molecule has 0 atom stereocenters. The van der Waals surface area contributed by atoms with Gasteiger partial charge in [-0.25, -0.2) is 0 Å². The molecule has 0 aliphatic rings. The van der Waals surface area contributed by atoms with Crippen LogP contribution >= 0.6 is 0 Å². The lowest BCUT2D eigenvalue weighted by Crippen LogP contribution is -2.27. The normalized spacial score (nSPS) is 10.1. The van der Waals surface area contributed by atoms with Gasteiger partial charge in [0.25, 0.3) is 0 Å². The highest BCUT2D eigenvalue weighted by atomic mass is 16.5. The number of rotatable bonds is 8. The van der Waals surface area contributed by atoms with Crippen molar-refractivity contribution in [2.45, 2.75) is 6.54 Å². The highest BCUT2D eigenvalue weighted by Crippen LogP contribution is 2.28. The Morgan fingerprint density at radius 3 is 2.21 bits per heavy atom. The van der Waals surface area contributed by atoms with Gasteiger partial charge in [0.1, 0.15) is 17.2 Å². The summed E-state index contributed by atoms with van der Waals surface area (Å²) in [4.78, 5) is 12.1. The zero-order chi connectivity index (χ0) is 17.4. The molecule has 0 bridgehead atoms. The Kier molecular flexibility index (Phi) is 6.45. The summed E-state index contributed by atoms with van der Waals surface area (Å²) >= 11 is 0. The number of amides is 1. The number of methoxy groups -OCH3 is 3. The number of carbonyl (C=O) groups is 1. The number of anilines is 1. The average Bonchev–Trinajstić information content (AvgIpc) is 2.62. The molecule has 2 aromatic rings. The SMILES string of the molecule is COc1ccc(CNCC(=O)Nc2cc(OC)ccc2OC)cc1. The summed E-state index contributed by atoms with van der Waals surface area (Å²) in [5, 5.41) is 5.91. The van der Waals surface area contributed by atoms with E-state index in [1.807, 2.05) is 24.3 Å². The second-order valence-corrected chi connectivity index (χ2v) is 5.07. The van der Waals surface area contributed by atoms with Crippen LogP contribution in [0.1, 0.15) is 5.56 Å². The van der Waals surface area contributed by atoms with E-state index in [4.69, 9.17) is 14.2 Å². The molecular weight excluding hydrogens is 308 g/mol. The van der Waals surface area contributed by atoms with Crippen LogP contribution in [-0.2, 0) is 11.3 Å². The zero-order valence-electron chi connectivity index (χ0n) is 14.1. The first-order valence-electron chi connectivity index (χ1n) is 7.51. The van der Waals surface area contributed by atoms with Gasteiger partial charge in [0, 0.05) is 12.6 Å². The molecule has 0 aromatic heterocycles. The first-order chi connectivity index (χ1) is 11.7. The van der Waals surface area contributed by atoms with Crippen molar-refractivity contribution >= 4 is 11.6 Å². The number of carbonyl (C=O) groups excluding carboxylic acids is 1. The number of hydrogen-bond donors (Lipinski definition) is 2. The van der Waals surface area contributed by atoms with Crippen LogP contribution in [-0.4, -0.2) is 33.8 Å². The van der Waals surface area contributed by atoms with E-state index < -0.39 is 0 Å². The second kappa shape index (κ2) is 8.79. The number of nitrogens with one attached hydrogen (secondary N) is 2. The van der Waals surface area contributed by atoms with E-state index in [9.17, 15) is 4.79 Å². The highest BCUT2D eigenvalue weighted by molar-refractivity contribution is 5.93. The van der Waals surface area contributed by atoms with Crippen molar-refractivity contribution in [3.63, 3.8) is 0 Å². The van der Waals surface area contributed by atoms with Crippen LogP contribution in [0, 0.1) is 0 Å². The third-order valence-corrected chi connectivity index (χ3v) is 3.45. The molecular formula is C18H22N2O4. The van der Waals surface area contributed by atoms with Crippen LogP contribution in [0.3, 0.4) is 0 Å². The lowest BCUT2D eigenvalue weighted by Gasteiger charge is -2.12. The Bertz CT molecular complexity index is 671. The van der Waals surface area contributed by atoms with E-state index in [2.05, 4.69) is 10.6 Å². The van der Waals surface area contributed by atoms with Crippen LogP contribution in [0.5, 0.6) is 17.2 Å². The van der Waals surface area contributed by atoms with Crippen molar-refractivity contribution < 1.29 is 19.0 Å². The molecule has 2 N–H and O–H groups in total. The summed E-state index contributed by atoms with van der Waals surface area (Å²) in [7, 11) is 4.76. The fraction of sp³-hybridized carbons (Fsp3) is 0.278. The van der Waals surface area contributed by atoms with Crippen LogP contribution in [0.2, 0.25) is 0 Å². The van der Waals surface area contributed by atoms with E-state index in [-0.39, 0.29) is 12.5 Å². The van der Waals surface area contributed by atoms with Crippen molar-refractivity contribution in [3.8, 4) is 17.2 Å². The maximum atomic E-state index is 12.1. The largest absolute Gasteiger partial charge is 0.497 e. The summed E-state index contributed by atoms with van der Waals surface area (Å²) in [6.07, 6.45) is 0. The van der Waals surface area contributed by atoms with E-state index in [1.165, 1.54) is 0 Å². The van der Waals surface area contributed by atoms with Gasteiger partial charge in [-0.05, 0) is 29.8 Å². The predicted octanol–water partition coefficient (Wildman–Crippen LogP) is 2.44. The monoisotopic (exact) mass is 330 g/mol. The molecule has 2 aromatic carbocycles. The molecule has 0 saturated carbocycles. The maximum absolute atomic E-state index is 12.1. The molecule has 6 nitrogen and oxygen atoms in total. The standard InChI is InChI=1S/C18H22N2O4/c1-22-14-6-4-13(5-7-14)11-19-12-18(21)20-16-10-15(23-2)8-9-17(16)24-3/h4-10,19H,11-12H2,1-3H3,(H,20,21). The van der Waals surface area contributed by atoms with Crippen LogP contribution in [0.15, 0.2) is 42.5 Å². The van der Waals surface area contributed by atoms with Gasteiger partial charge in [-0.15, -0.1) is 0 Å². The van der Waals surface area contributed by atoms with Crippen molar-refractivity contribution in [1.82, 2.24) is 5.32 Å². The molecule has 1 amide bonds. The zero-order valence-corrected chi connectivity index (χ0v) is 14.1. The molecule has 24 heavy (non-hydrogen) atoms. The minimum Gasteiger partial charge on any atom is -0.497 e. The summed E-state index contributed by atoms with van der Waals surface area (Å²) in [5.41, 5.74) is 1.65. The van der Waals surface area contributed by atoms with Crippen molar-refractivity contribution in [2.24, 2.45) is 0 Å². The molecule has 2 rings (SSSR count). The minimum atomic E-state index is -0.157. The first-order valence-corrected chi connectivity index (χ1v) is 7.51. The maximum Gasteiger partial charge on any atom is 0.238 e. The number of benzene rings is 2. The summed E-state index contributed by atoms with van der Waals surface area (Å²) < 4.78 is 15.5. The van der Waals surface area contributed by atoms with Gasteiger partial charge in [0.15, 0.2) is 0 Å². The molecule has 0 heterocycles. The average molecular weight is 330 g/mol. The molecule has 0 radical (unpaired) electrons. The smallest absolute Gasteiger partial charge is 0.238 e. The fourth-order valence-corrected chi connectivity index (χ4v) is 2.17. The Labute approximate surface area is 141 Å². The molecule has 6 heteroatoms. The molecule has 0 aliphatic heterocycles. The summed E-state index contributed by atoms with van der Waals surface area (Å²) in [6.45, 7) is 0.777. The minimum absolute atomic E-state index is 0.157. The van der Waals surface area contributed by atoms with Gasteiger partial charge in [-0.3, -0.25) is 4.79 Å². The summed E-state index contributed by atoms with van der Waals surface area (Å²) in [6, 6.07) is 12.9. The third kappa shape index (κ3) is 4.89. The van der Waals surface area contributed by atoms with E-state index in [1.54, 1.807) is 39.5 Å². The predicted molar refractivity (Wildman–Crippen MR) is 92.9 cm³/mol. The van der Waals surface area contributed by atoms with Crippen LogP contribution in [0.25, 0.3) is 0 Å². The Morgan fingerprint density at radius 2 is 1.58 bits per heavy atom. The van der Waals surface area contributed by atoms with Gasteiger partial charge >= 0.3 is 0 Å². The fourth-order valence-electron chi connectivity index (χ4n) is 2.17. The van der Waals surface area contributed by atoms with Crippen LogP contribution < -0.4 is 24.8 Å². The van der Waals surface area contributed by atoms with Gasteiger partial charge in [0.05, 0.1) is 33.6 Å². The van der Waals surface area contributed by atoms with Gasteiger partial charge in [0.2, 0.25) is 5.91 Å². The van der Waals surface area contributed by atoms with Gasteiger partial charge in [-0.1, -0.05) is 12.1 Å². The van der Waals surface area contributed by atoms with E-state index in [0.29, 0.717) is 23.7 Å². The quantitative estimate of drug-likeness (QED) is 0.778. The Hall–Kier alpha value is -2.73. The van der Waals surface area contributed by atoms with Crippen molar-refractivity contribution in [1.29, 1.82) is 0 Å². The molecule has 0 fully saturated rings. The number of ether oxygens (including phenoxy) is 3. The molecule has 0 spiro atoms. The van der Waals surface area contributed by atoms with Crippen LogP contribution in [0.4, 0.5) is 5.69 Å². The number of hydrogen-bond acceptors (Lipinski definition) is 5. The third-order valence-electron chi connectivity index (χ3n) is 3.45. The van der Waals surface area contributed by atoms with E-state index in [0.717, 1.165) is 11.3 Å². The molecule has 0 saturated heterocycles. The van der Waals surface area contributed by atoms with Gasteiger partial charge in [-0.2, -0.15) is 0 Å². The topological polar surface area (TPSA) is 68.8 Å².